The molecule has 0 aliphatic heterocycles. The maximum Gasteiger partial charge on any atom is 0.181 e. The molecule has 1 nitrogen and oxygen atoms in total. The SMILES string of the molecule is CCCCCCC(=O)C[S+](C)C(C)(C)C. The minimum absolute atomic E-state index is 0.226. The van der Waals surface area contributed by atoms with Gasteiger partial charge in [-0.25, -0.2) is 0 Å². The van der Waals surface area contributed by atoms with Crippen molar-refractivity contribution >= 4 is 16.7 Å². The number of unbranched alkanes of at least 4 members (excludes halogenated alkanes) is 3. The molecule has 1 atom stereocenters. The van der Waals surface area contributed by atoms with Crippen molar-refractivity contribution in [2.24, 2.45) is 0 Å². The van der Waals surface area contributed by atoms with Crippen molar-refractivity contribution in [3.63, 3.8) is 0 Å². The Bertz CT molecular complexity index is 181. The summed E-state index contributed by atoms with van der Waals surface area (Å²) in [5.74, 6) is 1.25. The Labute approximate surface area is 98.4 Å². The lowest BCUT2D eigenvalue weighted by molar-refractivity contribution is -0.116. The molecule has 0 aliphatic rings. The lowest BCUT2D eigenvalue weighted by Crippen LogP contribution is -2.32. The average molecular weight is 231 g/mol. The quantitative estimate of drug-likeness (QED) is 0.483. The van der Waals surface area contributed by atoms with E-state index in [1.54, 1.807) is 0 Å². The normalized spacial score (nSPS) is 13.9. The number of hydrogen-bond donors (Lipinski definition) is 0. The van der Waals surface area contributed by atoms with Gasteiger partial charge in [0.2, 0.25) is 0 Å². The summed E-state index contributed by atoms with van der Waals surface area (Å²) < 4.78 is 0.291. The van der Waals surface area contributed by atoms with E-state index in [-0.39, 0.29) is 10.9 Å². The summed E-state index contributed by atoms with van der Waals surface area (Å²) in [6.45, 7) is 8.87. The van der Waals surface area contributed by atoms with Crippen molar-refractivity contribution in [2.75, 3.05) is 12.0 Å². The van der Waals surface area contributed by atoms with Crippen molar-refractivity contribution < 1.29 is 4.79 Å². The molecular weight excluding hydrogens is 204 g/mol. The Balaban J connectivity index is 3.65. The predicted molar refractivity (Wildman–Crippen MR) is 71.7 cm³/mol. The van der Waals surface area contributed by atoms with E-state index in [1.165, 1.54) is 19.3 Å². The van der Waals surface area contributed by atoms with Crippen molar-refractivity contribution in [1.29, 1.82) is 0 Å². The zero-order valence-electron chi connectivity index (χ0n) is 11.1. The van der Waals surface area contributed by atoms with Gasteiger partial charge in [-0.3, -0.25) is 4.79 Å². The average Bonchev–Trinajstić information content (AvgIpc) is 2.11. The molecule has 15 heavy (non-hydrogen) atoms. The van der Waals surface area contributed by atoms with Crippen LogP contribution in [-0.4, -0.2) is 22.5 Å². The minimum atomic E-state index is 0.226. The van der Waals surface area contributed by atoms with E-state index in [0.29, 0.717) is 10.5 Å². The largest absolute Gasteiger partial charge is 0.294 e. The van der Waals surface area contributed by atoms with Gasteiger partial charge in [0.1, 0.15) is 4.75 Å². The first-order chi connectivity index (χ1) is 6.88. The van der Waals surface area contributed by atoms with Gasteiger partial charge in [-0.1, -0.05) is 26.2 Å². The summed E-state index contributed by atoms with van der Waals surface area (Å²) in [5, 5.41) is 0. The van der Waals surface area contributed by atoms with E-state index >= 15 is 0 Å². The Morgan fingerprint density at radius 1 is 1.13 bits per heavy atom. The highest BCUT2D eigenvalue weighted by Crippen LogP contribution is 2.17. The van der Waals surface area contributed by atoms with E-state index < -0.39 is 0 Å². The molecule has 0 fully saturated rings. The smallest absolute Gasteiger partial charge is 0.181 e. The van der Waals surface area contributed by atoms with Crippen LogP contribution in [0.5, 0.6) is 0 Å². The summed E-state index contributed by atoms with van der Waals surface area (Å²) in [7, 11) is 0.226. The van der Waals surface area contributed by atoms with E-state index in [1.807, 2.05) is 0 Å². The minimum Gasteiger partial charge on any atom is -0.294 e. The lowest BCUT2D eigenvalue weighted by Gasteiger charge is -2.17. The molecule has 2 heteroatoms. The maximum atomic E-state index is 11.7. The van der Waals surface area contributed by atoms with E-state index in [9.17, 15) is 4.79 Å². The van der Waals surface area contributed by atoms with Crippen LogP contribution in [0, 0.1) is 0 Å². The van der Waals surface area contributed by atoms with Gasteiger partial charge in [0.15, 0.2) is 11.5 Å². The van der Waals surface area contributed by atoms with E-state index in [0.717, 1.165) is 18.6 Å². The van der Waals surface area contributed by atoms with Crippen molar-refractivity contribution in [3.05, 3.63) is 0 Å². The molecule has 0 saturated carbocycles. The monoisotopic (exact) mass is 231 g/mol. The Kier molecular flexibility index (Phi) is 7.33. The highest BCUT2D eigenvalue weighted by Gasteiger charge is 2.31. The van der Waals surface area contributed by atoms with Crippen LogP contribution in [0.25, 0.3) is 0 Å². The first-order valence-corrected chi connectivity index (χ1v) is 7.82. The maximum absolute atomic E-state index is 11.7. The third-order valence-corrected chi connectivity index (χ3v) is 5.58. The summed E-state index contributed by atoms with van der Waals surface area (Å²) in [4.78, 5) is 11.7. The molecular formula is C13H27OS+. The number of hydrogen-bond acceptors (Lipinski definition) is 1. The van der Waals surface area contributed by atoms with Crippen LogP contribution in [0.1, 0.15) is 59.8 Å². The lowest BCUT2D eigenvalue weighted by atomic mass is 10.1. The molecule has 90 valence electrons. The first kappa shape index (κ1) is 15.0. The zero-order chi connectivity index (χ0) is 11.9. The third-order valence-electron chi connectivity index (χ3n) is 2.73. The molecule has 0 rings (SSSR count). The van der Waals surface area contributed by atoms with Crippen LogP contribution in [0.4, 0.5) is 0 Å². The summed E-state index contributed by atoms with van der Waals surface area (Å²) in [6, 6.07) is 0. The van der Waals surface area contributed by atoms with Crippen molar-refractivity contribution in [3.8, 4) is 0 Å². The fourth-order valence-corrected chi connectivity index (χ4v) is 2.34. The van der Waals surface area contributed by atoms with Crippen LogP contribution in [0.3, 0.4) is 0 Å². The van der Waals surface area contributed by atoms with Gasteiger partial charge >= 0.3 is 0 Å². The van der Waals surface area contributed by atoms with Crippen LogP contribution < -0.4 is 0 Å². The number of carbonyl (C=O) groups excluding carboxylic acids is 1. The van der Waals surface area contributed by atoms with Gasteiger partial charge in [0.25, 0.3) is 0 Å². The molecule has 0 aliphatic carbocycles. The summed E-state index contributed by atoms with van der Waals surface area (Å²) in [6.07, 6.45) is 7.83. The Hall–Kier alpha value is 0.0200. The predicted octanol–water partition coefficient (Wildman–Crippen LogP) is 3.57. The van der Waals surface area contributed by atoms with Crippen LogP contribution >= 0.6 is 0 Å². The molecule has 0 N–H and O–H groups in total. The fraction of sp³-hybridized carbons (Fsp3) is 0.923. The van der Waals surface area contributed by atoms with Crippen LogP contribution in [0.2, 0.25) is 0 Å². The molecule has 0 aromatic rings. The molecule has 0 saturated heterocycles. The number of Topliss-reactive ketones (excluding diaryl/α,β-unsaturated/α-hetero) is 1. The van der Waals surface area contributed by atoms with Crippen LogP contribution in [-0.2, 0) is 15.7 Å². The van der Waals surface area contributed by atoms with Gasteiger partial charge in [-0.2, -0.15) is 0 Å². The van der Waals surface area contributed by atoms with E-state index in [4.69, 9.17) is 0 Å². The van der Waals surface area contributed by atoms with Gasteiger partial charge in [0, 0.05) is 6.42 Å². The standard InChI is InChI=1S/C13H27OS/c1-6-7-8-9-10-12(14)11-15(5)13(2,3)4/h6-11H2,1-5H3/q+1. The van der Waals surface area contributed by atoms with E-state index in [2.05, 4.69) is 34.0 Å². The second-order valence-corrected chi connectivity index (χ2v) is 8.03. The summed E-state index contributed by atoms with van der Waals surface area (Å²) in [5.41, 5.74) is 0. The third kappa shape index (κ3) is 7.89. The molecule has 0 aromatic carbocycles. The van der Waals surface area contributed by atoms with Gasteiger partial charge in [-0.15, -0.1) is 0 Å². The topological polar surface area (TPSA) is 17.1 Å². The first-order valence-electron chi connectivity index (χ1n) is 6.02. The molecule has 0 bridgehead atoms. The van der Waals surface area contributed by atoms with Gasteiger partial charge < -0.3 is 0 Å². The molecule has 0 heterocycles. The molecule has 0 amide bonds. The molecule has 0 aromatic heterocycles. The Morgan fingerprint density at radius 2 is 1.73 bits per heavy atom. The molecule has 0 radical (unpaired) electrons. The second-order valence-electron chi connectivity index (χ2n) is 5.24. The highest BCUT2D eigenvalue weighted by atomic mass is 32.2. The number of ketones is 1. The van der Waals surface area contributed by atoms with Crippen LogP contribution in [0.15, 0.2) is 0 Å². The van der Waals surface area contributed by atoms with Crippen molar-refractivity contribution in [1.82, 2.24) is 0 Å². The second kappa shape index (κ2) is 7.32. The molecule has 1 unspecified atom stereocenters. The number of rotatable bonds is 7. The zero-order valence-corrected chi connectivity index (χ0v) is 11.9. The fourth-order valence-electron chi connectivity index (χ4n) is 1.28. The Morgan fingerprint density at radius 3 is 2.20 bits per heavy atom. The number of carbonyl (C=O) groups is 1. The van der Waals surface area contributed by atoms with Gasteiger partial charge in [0.05, 0.1) is 6.26 Å². The van der Waals surface area contributed by atoms with Gasteiger partial charge in [-0.05, 0) is 38.1 Å². The van der Waals surface area contributed by atoms with Crippen molar-refractivity contribution in [2.45, 2.75) is 64.5 Å². The molecule has 0 spiro atoms. The summed E-state index contributed by atoms with van der Waals surface area (Å²) >= 11 is 0. The highest BCUT2D eigenvalue weighted by molar-refractivity contribution is 7.98.